The lowest BCUT2D eigenvalue weighted by Crippen LogP contribution is -2.53. The first-order chi connectivity index (χ1) is 20.9. The van der Waals surface area contributed by atoms with Crippen LogP contribution in [-0.2, 0) is 22.5 Å². The maximum Gasteiger partial charge on any atom is 0.266 e. The summed E-state index contributed by atoms with van der Waals surface area (Å²) >= 11 is 3.47. The molecule has 7 nitrogen and oxygen atoms in total. The molecule has 10 heteroatoms. The van der Waals surface area contributed by atoms with Gasteiger partial charge in [-0.3, -0.25) is 10.2 Å². The predicted octanol–water partition coefficient (Wildman–Crippen LogP) is 5.81. The van der Waals surface area contributed by atoms with Crippen LogP contribution in [0.1, 0.15) is 34.8 Å². The number of carbonyl (C=O) groups is 1. The molecule has 0 saturated carbocycles. The van der Waals surface area contributed by atoms with Crippen molar-refractivity contribution in [2.75, 3.05) is 13.2 Å². The second kappa shape index (κ2) is 13.9. The fourth-order valence-corrected chi connectivity index (χ4v) is 5.08. The first-order valence-electron chi connectivity index (χ1n) is 13.8. The number of hydrogen-bond acceptors (Lipinski definition) is 6. The van der Waals surface area contributed by atoms with E-state index < -0.39 is 29.2 Å². The van der Waals surface area contributed by atoms with E-state index in [-0.39, 0.29) is 19.6 Å². The quantitative estimate of drug-likeness (QED) is 0.133. The number of hydrazine groups is 1. The number of amides is 1. The molecule has 1 aliphatic heterocycles. The Morgan fingerprint density at radius 3 is 2.40 bits per heavy atom. The summed E-state index contributed by atoms with van der Waals surface area (Å²) in [6.45, 7) is 0.487. The summed E-state index contributed by atoms with van der Waals surface area (Å²) in [6, 6.07) is 27.8. The van der Waals surface area contributed by atoms with Crippen molar-refractivity contribution in [2.24, 2.45) is 4.99 Å². The summed E-state index contributed by atoms with van der Waals surface area (Å²) in [4.78, 5) is 19.1. The summed E-state index contributed by atoms with van der Waals surface area (Å²) < 4.78 is 40.2. The van der Waals surface area contributed by atoms with Crippen LogP contribution in [0.25, 0.3) is 0 Å². The largest absolute Gasteiger partial charge is 0.494 e. The van der Waals surface area contributed by atoms with E-state index >= 15 is 0 Å². The summed E-state index contributed by atoms with van der Waals surface area (Å²) in [6.07, 6.45) is -0.0475. The van der Waals surface area contributed by atoms with Gasteiger partial charge in [0, 0.05) is 36.0 Å². The number of aliphatic imine (C=N–C) groups is 1. The third kappa shape index (κ3) is 7.27. The molecule has 4 aromatic carbocycles. The topological polar surface area (TPSA) is 92.2 Å². The Balaban J connectivity index is 1.49. The lowest BCUT2D eigenvalue weighted by atomic mass is 9.82. The average Bonchev–Trinajstić information content (AvgIpc) is 3.40. The smallest absolute Gasteiger partial charge is 0.266 e. The Kier molecular flexibility index (Phi) is 9.81. The molecule has 43 heavy (non-hydrogen) atoms. The second-order valence-corrected chi connectivity index (χ2v) is 11.0. The van der Waals surface area contributed by atoms with E-state index in [0.29, 0.717) is 35.8 Å². The highest BCUT2D eigenvalue weighted by molar-refractivity contribution is 9.10. The van der Waals surface area contributed by atoms with Crippen molar-refractivity contribution < 1.29 is 28.2 Å². The zero-order chi connectivity index (χ0) is 30.2. The van der Waals surface area contributed by atoms with Crippen molar-refractivity contribution in [3.8, 4) is 5.75 Å². The standard InChI is InChI=1S/C33H30BrF2N3O4/c34-26-12-8-24(9-13-26)30-33(20-22-5-2-1-3-6-22,32(41)39-37-21-23-7-16-28(35)29(36)19-23)38-31(43-30)25-10-14-27(15-11-25)42-18-4-17-40/h1-3,5-16,19,30,37,40H,4,17-18,20-21H2,(H,39,41)/t30-,33-/m0/s1. The van der Waals surface area contributed by atoms with Gasteiger partial charge in [0.15, 0.2) is 23.3 Å². The van der Waals surface area contributed by atoms with Crippen LogP contribution in [0.4, 0.5) is 8.78 Å². The van der Waals surface area contributed by atoms with Gasteiger partial charge in [-0.25, -0.2) is 19.2 Å². The van der Waals surface area contributed by atoms with Crippen molar-refractivity contribution in [1.82, 2.24) is 10.9 Å². The average molecular weight is 651 g/mol. The minimum atomic E-state index is -1.43. The van der Waals surface area contributed by atoms with Crippen molar-refractivity contribution in [3.05, 3.63) is 135 Å². The molecule has 0 spiro atoms. The molecule has 1 amide bonds. The summed E-state index contributed by atoms with van der Waals surface area (Å²) in [5, 5.41) is 9.02. The molecule has 5 rings (SSSR count). The van der Waals surface area contributed by atoms with E-state index in [4.69, 9.17) is 19.6 Å². The molecule has 0 aromatic heterocycles. The number of rotatable bonds is 12. The van der Waals surface area contributed by atoms with E-state index in [1.807, 2.05) is 66.7 Å². The summed E-state index contributed by atoms with van der Waals surface area (Å²) in [5.74, 6) is -1.44. The zero-order valence-electron chi connectivity index (χ0n) is 23.1. The highest BCUT2D eigenvalue weighted by Gasteiger charge is 2.53. The van der Waals surface area contributed by atoms with Gasteiger partial charge in [0.1, 0.15) is 5.75 Å². The molecule has 1 heterocycles. The maximum atomic E-state index is 14.2. The van der Waals surface area contributed by atoms with Gasteiger partial charge < -0.3 is 14.6 Å². The van der Waals surface area contributed by atoms with E-state index in [0.717, 1.165) is 27.7 Å². The van der Waals surface area contributed by atoms with Crippen LogP contribution in [0.15, 0.2) is 107 Å². The fraction of sp³-hybridized carbons (Fsp3) is 0.212. The van der Waals surface area contributed by atoms with Gasteiger partial charge in [0.25, 0.3) is 5.91 Å². The molecule has 0 unspecified atom stereocenters. The Labute approximate surface area is 256 Å². The minimum Gasteiger partial charge on any atom is -0.494 e. The van der Waals surface area contributed by atoms with Crippen LogP contribution in [0, 0.1) is 11.6 Å². The number of hydrogen-bond donors (Lipinski definition) is 3. The molecule has 4 aromatic rings. The van der Waals surface area contributed by atoms with Gasteiger partial charge in [-0.1, -0.05) is 64.5 Å². The number of nitrogens with one attached hydrogen (secondary N) is 2. The third-order valence-corrected chi connectivity index (χ3v) is 7.53. The number of carbonyl (C=O) groups excluding carboxylic acids is 1. The van der Waals surface area contributed by atoms with Crippen molar-refractivity contribution in [3.63, 3.8) is 0 Å². The SMILES string of the molecule is O=C(NNCc1ccc(F)c(F)c1)[C@@]1(Cc2ccccc2)N=C(c2ccc(OCCCO)cc2)O[C@H]1c1ccc(Br)cc1. The van der Waals surface area contributed by atoms with Crippen LogP contribution >= 0.6 is 15.9 Å². The van der Waals surface area contributed by atoms with E-state index in [9.17, 15) is 13.6 Å². The molecule has 0 aliphatic carbocycles. The van der Waals surface area contributed by atoms with Crippen LogP contribution in [-0.4, -0.2) is 35.7 Å². The lowest BCUT2D eigenvalue weighted by molar-refractivity contribution is -0.130. The Morgan fingerprint density at radius 1 is 0.953 bits per heavy atom. The monoisotopic (exact) mass is 649 g/mol. The van der Waals surface area contributed by atoms with Gasteiger partial charge in [-0.05, 0) is 65.2 Å². The highest BCUT2D eigenvalue weighted by Crippen LogP contribution is 2.42. The Hall–Kier alpha value is -4.12. The zero-order valence-corrected chi connectivity index (χ0v) is 24.7. The molecule has 1 aliphatic rings. The van der Waals surface area contributed by atoms with Gasteiger partial charge in [0.05, 0.1) is 6.61 Å². The summed E-state index contributed by atoms with van der Waals surface area (Å²) in [5.41, 5.74) is 6.90. The van der Waals surface area contributed by atoms with Crippen LogP contribution in [0.2, 0.25) is 0 Å². The van der Waals surface area contributed by atoms with E-state index in [2.05, 4.69) is 26.8 Å². The number of benzene rings is 4. The van der Waals surface area contributed by atoms with Crippen molar-refractivity contribution >= 4 is 27.7 Å². The number of ether oxygens (including phenoxy) is 2. The Morgan fingerprint density at radius 2 is 1.70 bits per heavy atom. The molecule has 2 atom stereocenters. The molecular formula is C33H30BrF2N3O4. The van der Waals surface area contributed by atoms with Crippen LogP contribution < -0.4 is 15.6 Å². The van der Waals surface area contributed by atoms with E-state index in [1.54, 1.807) is 12.1 Å². The molecule has 0 radical (unpaired) electrons. The van der Waals surface area contributed by atoms with Crippen molar-refractivity contribution in [1.29, 1.82) is 0 Å². The first kappa shape index (κ1) is 30.3. The fourth-order valence-electron chi connectivity index (χ4n) is 4.81. The lowest BCUT2D eigenvalue weighted by Gasteiger charge is -2.31. The van der Waals surface area contributed by atoms with E-state index in [1.165, 1.54) is 6.07 Å². The predicted molar refractivity (Wildman–Crippen MR) is 162 cm³/mol. The Bertz CT molecular complexity index is 1570. The molecule has 222 valence electrons. The normalized spacial score (nSPS) is 17.7. The second-order valence-electron chi connectivity index (χ2n) is 10.1. The highest BCUT2D eigenvalue weighted by atomic mass is 79.9. The molecule has 3 N–H and O–H groups in total. The van der Waals surface area contributed by atoms with Crippen LogP contribution in [0.5, 0.6) is 5.75 Å². The number of aliphatic hydroxyl groups excluding tert-OH is 1. The van der Waals surface area contributed by atoms with Crippen molar-refractivity contribution in [2.45, 2.75) is 31.0 Å². The van der Waals surface area contributed by atoms with Crippen LogP contribution in [0.3, 0.4) is 0 Å². The van der Waals surface area contributed by atoms with Gasteiger partial charge in [-0.15, -0.1) is 0 Å². The van der Waals surface area contributed by atoms with Gasteiger partial charge in [0.2, 0.25) is 5.90 Å². The summed E-state index contributed by atoms with van der Waals surface area (Å²) in [7, 11) is 0. The molecular weight excluding hydrogens is 620 g/mol. The maximum absolute atomic E-state index is 14.2. The number of halogens is 3. The molecule has 0 saturated heterocycles. The van der Waals surface area contributed by atoms with Gasteiger partial charge >= 0.3 is 0 Å². The number of aliphatic hydroxyl groups is 1. The molecule has 0 fully saturated rings. The molecule has 0 bridgehead atoms. The van der Waals surface area contributed by atoms with Gasteiger partial charge in [-0.2, -0.15) is 0 Å². The number of nitrogens with zero attached hydrogens (tertiary/aromatic N) is 1. The first-order valence-corrected chi connectivity index (χ1v) is 14.5. The minimum absolute atomic E-state index is 0.0430. The third-order valence-electron chi connectivity index (χ3n) is 7.00.